The Balaban J connectivity index is 2.07. The first-order chi connectivity index (χ1) is 8.70. The van der Waals surface area contributed by atoms with Gasteiger partial charge in [0.1, 0.15) is 0 Å². The molecule has 0 aliphatic carbocycles. The van der Waals surface area contributed by atoms with Gasteiger partial charge in [-0.1, -0.05) is 19.1 Å². The molecule has 1 aliphatic heterocycles. The summed E-state index contributed by atoms with van der Waals surface area (Å²) < 4.78 is 5.41. The summed E-state index contributed by atoms with van der Waals surface area (Å²) in [7, 11) is 0. The maximum absolute atomic E-state index is 10.9. The molecule has 0 saturated carbocycles. The zero-order valence-corrected chi connectivity index (χ0v) is 10.5. The summed E-state index contributed by atoms with van der Waals surface area (Å²) in [5.41, 5.74) is 1.16. The second kappa shape index (κ2) is 4.34. The number of aliphatic hydroxyl groups is 1. The standard InChI is InChI=1S/C15H17NO2/c1-11-10-18-8-6-15(11,17)13-4-5-14-12(9-13)3-2-7-16-14/h2-5,7,9,11,17H,6,8,10H2,1H3. The number of hydrogen-bond donors (Lipinski definition) is 1. The summed E-state index contributed by atoms with van der Waals surface area (Å²) in [5.74, 6) is 0.111. The first kappa shape index (κ1) is 11.6. The fourth-order valence-corrected chi connectivity index (χ4v) is 2.65. The highest BCUT2D eigenvalue weighted by molar-refractivity contribution is 5.79. The van der Waals surface area contributed by atoms with Crippen LogP contribution in [0.1, 0.15) is 18.9 Å². The van der Waals surface area contributed by atoms with E-state index in [-0.39, 0.29) is 5.92 Å². The molecule has 1 fully saturated rings. The van der Waals surface area contributed by atoms with Crippen molar-refractivity contribution in [3.8, 4) is 0 Å². The number of aromatic nitrogens is 1. The highest BCUT2D eigenvalue weighted by Crippen LogP contribution is 2.37. The minimum atomic E-state index is -0.776. The molecule has 3 heteroatoms. The molecule has 1 saturated heterocycles. The Labute approximate surface area is 106 Å². The topological polar surface area (TPSA) is 42.4 Å². The van der Waals surface area contributed by atoms with Crippen molar-refractivity contribution in [1.82, 2.24) is 4.98 Å². The maximum Gasteiger partial charge on any atom is 0.0966 e. The average Bonchev–Trinajstić information content (AvgIpc) is 2.42. The van der Waals surface area contributed by atoms with Crippen LogP contribution >= 0.6 is 0 Å². The third kappa shape index (κ3) is 1.80. The molecule has 2 atom stereocenters. The molecule has 0 bridgehead atoms. The lowest BCUT2D eigenvalue weighted by molar-refractivity contribution is -0.111. The summed E-state index contributed by atoms with van der Waals surface area (Å²) in [6.07, 6.45) is 2.44. The molecule has 3 rings (SSSR count). The molecule has 1 N–H and O–H groups in total. The fourth-order valence-electron chi connectivity index (χ4n) is 2.65. The average molecular weight is 243 g/mol. The Morgan fingerprint density at radius 1 is 1.39 bits per heavy atom. The van der Waals surface area contributed by atoms with Gasteiger partial charge in [0, 0.05) is 30.5 Å². The van der Waals surface area contributed by atoms with E-state index < -0.39 is 5.60 Å². The van der Waals surface area contributed by atoms with Crippen molar-refractivity contribution in [1.29, 1.82) is 0 Å². The van der Waals surface area contributed by atoms with Gasteiger partial charge in [-0.05, 0) is 23.8 Å². The third-order valence-electron chi connectivity index (χ3n) is 3.91. The summed E-state index contributed by atoms with van der Waals surface area (Å²) in [4.78, 5) is 4.30. The molecule has 0 amide bonds. The smallest absolute Gasteiger partial charge is 0.0966 e. The van der Waals surface area contributed by atoms with Crippen LogP contribution in [0.25, 0.3) is 10.9 Å². The molecule has 2 heterocycles. The van der Waals surface area contributed by atoms with Gasteiger partial charge in [-0.15, -0.1) is 0 Å². The molecule has 18 heavy (non-hydrogen) atoms. The quantitative estimate of drug-likeness (QED) is 0.836. The van der Waals surface area contributed by atoms with Gasteiger partial charge >= 0.3 is 0 Å². The van der Waals surface area contributed by atoms with Gasteiger partial charge in [-0.3, -0.25) is 4.98 Å². The summed E-state index contributed by atoms with van der Waals surface area (Å²) in [6, 6.07) is 9.95. The van der Waals surface area contributed by atoms with Crippen molar-refractivity contribution < 1.29 is 9.84 Å². The van der Waals surface area contributed by atoms with Crippen LogP contribution in [-0.2, 0) is 10.3 Å². The van der Waals surface area contributed by atoms with Gasteiger partial charge in [-0.25, -0.2) is 0 Å². The highest BCUT2D eigenvalue weighted by Gasteiger charge is 2.38. The van der Waals surface area contributed by atoms with Crippen molar-refractivity contribution >= 4 is 10.9 Å². The van der Waals surface area contributed by atoms with Crippen LogP contribution in [0.4, 0.5) is 0 Å². The van der Waals surface area contributed by atoms with Gasteiger partial charge in [0.25, 0.3) is 0 Å². The maximum atomic E-state index is 10.9. The van der Waals surface area contributed by atoms with E-state index in [2.05, 4.69) is 4.98 Å². The number of hydrogen-bond acceptors (Lipinski definition) is 3. The molecular formula is C15H17NO2. The van der Waals surface area contributed by atoms with Gasteiger partial charge in [0.15, 0.2) is 0 Å². The van der Waals surface area contributed by atoms with Crippen molar-refractivity contribution in [2.24, 2.45) is 5.92 Å². The molecule has 2 unspecified atom stereocenters. The van der Waals surface area contributed by atoms with E-state index in [1.165, 1.54) is 0 Å². The molecule has 94 valence electrons. The molecule has 1 aromatic carbocycles. The van der Waals surface area contributed by atoms with Crippen LogP contribution in [0.5, 0.6) is 0 Å². The Morgan fingerprint density at radius 3 is 3.11 bits per heavy atom. The second-order valence-electron chi connectivity index (χ2n) is 5.06. The summed E-state index contributed by atoms with van der Waals surface area (Å²) >= 11 is 0. The fraction of sp³-hybridized carbons (Fsp3) is 0.400. The number of nitrogens with zero attached hydrogens (tertiary/aromatic N) is 1. The lowest BCUT2D eigenvalue weighted by atomic mass is 9.78. The van der Waals surface area contributed by atoms with E-state index in [9.17, 15) is 5.11 Å². The zero-order valence-electron chi connectivity index (χ0n) is 10.5. The minimum Gasteiger partial charge on any atom is -0.385 e. The molecule has 0 radical (unpaired) electrons. The van der Waals surface area contributed by atoms with Crippen LogP contribution in [0, 0.1) is 5.92 Å². The monoisotopic (exact) mass is 243 g/mol. The van der Waals surface area contributed by atoms with E-state index >= 15 is 0 Å². The predicted molar refractivity (Wildman–Crippen MR) is 70.2 cm³/mol. The van der Waals surface area contributed by atoms with Crippen LogP contribution in [-0.4, -0.2) is 23.3 Å². The Bertz CT molecular complexity index is 569. The van der Waals surface area contributed by atoms with Crippen LogP contribution in [0.15, 0.2) is 36.5 Å². The van der Waals surface area contributed by atoms with Crippen molar-refractivity contribution in [2.75, 3.05) is 13.2 Å². The van der Waals surface area contributed by atoms with Crippen molar-refractivity contribution in [3.63, 3.8) is 0 Å². The molecule has 1 aliphatic rings. The number of pyridine rings is 1. The second-order valence-corrected chi connectivity index (χ2v) is 5.06. The SMILES string of the molecule is CC1COCCC1(O)c1ccc2ncccc2c1. The number of benzene rings is 1. The number of rotatable bonds is 1. The van der Waals surface area contributed by atoms with Crippen molar-refractivity contribution in [2.45, 2.75) is 18.9 Å². The largest absolute Gasteiger partial charge is 0.385 e. The molecule has 2 aromatic rings. The molecule has 0 spiro atoms. The normalized spacial score (nSPS) is 28.4. The van der Waals surface area contributed by atoms with Crippen molar-refractivity contribution in [3.05, 3.63) is 42.1 Å². The molecular weight excluding hydrogens is 226 g/mol. The van der Waals surface area contributed by atoms with E-state index in [4.69, 9.17) is 4.74 Å². The zero-order chi connectivity index (χ0) is 12.6. The third-order valence-corrected chi connectivity index (χ3v) is 3.91. The summed E-state index contributed by atoms with van der Waals surface area (Å²) in [6.45, 7) is 3.26. The lowest BCUT2D eigenvalue weighted by Crippen LogP contribution is -2.41. The van der Waals surface area contributed by atoms with Gasteiger partial charge < -0.3 is 9.84 Å². The Morgan fingerprint density at radius 2 is 2.28 bits per heavy atom. The van der Waals surface area contributed by atoms with E-state index in [1.807, 2.05) is 37.3 Å². The first-order valence-corrected chi connectivity index (χ1v) is 6.35. The first-order valence-electron chi connectivity index (χ1n) is 6.35. The van der Waals surface area contributed by atoms with Gasteiger partial charge in [-0.2, -0.15) is 0 Å². The van der Waals surface area contributed by atoms with Crippen LogP contribution in [0.3, 0.4) is 0 Å². The van der Waals surface area contributed by atoms with E-state index in [0.717, 1.165) is 16.5 Å². The molecule has 1 aromatic heterocycles. The van der Waals surface area contributed by atoms with Gasteiger partial charge in [0.2, 0.25) is 0 Å². The number of ether oxygens (including phenoxy) is 1. The summed E-state index contributed by atoms with van der Waals surface area (Å²) in [5, 5.41) is 11.9. The predicted octanol–water partition coefficient (Wildman–Crippen LogP) is 2.48. The molecule has 3 nitrogen and oxygen atoms in total. The minimum absolute atomic E-state index is 0.111. The lowest BCUT2D eigenvalue weighted by Gasteiger charge is -2.38. The van der Waals surface area contributed by atoms with Gasteiger partial charge in [0.05, 0.1) is 17.7 Å². The highest BCUT2D eigenvalue weighted by atomic mass is 16.5. The van der Waals surface area contributed by atoms with Crippen LogP contribution < -0.4 is 0 Å². The Kier molecular flexibility index (Phi) is 2.80. The van der Waals surface area contributed by atoms with E-state index in [0.29, 0.717) is 19.6 Å². The van der Waals surface area contributed by atoms with E-state index in [1.54, 1.807) is 6.20 Å². The Hall–Kier alpha value is -1.45. The number of fused-ring (bicyclic) bond motifs is 1. The van der Waals surface area contributed by atoms with Crippen LogP contribution in [0.2, 0.25) is 0 Å².